The molecule has 1 aliphatic heterocycles. The lowest BCUT2D eigenvalue weighted by molar-refractivity contribution is -0.482. The number of nitrogens with zero attached hydrogens (tertiary/aromatic N) is 2. The molecule has 0 aromatic rings. The summed E-state index contributed by atoms with van der Waals surface area (Å²) in [6.45, 7) is 6.94. The van der Waals surface area contributed by atoms with Gasteiger partial charge in [-0.3, -0.25) is 9.48 Å². The van der Waals surface area contributed by atoms with E-state index in [1.165, 1.54) is 58.2 Å². The monoisotopic (exact) mass is 256 g/mol. The van der Waals surface area contributed by atoms with Gasteiger partial charge in [0.2, 0.25) is 6.34 Å². The van der Waals surface area contributed by atoms with Crippen LogP contribution in [0.4, 0.5) is 0 Å². The molecule has 0 aromatic carbocycles. The number of hydrogen-bond donors (Lipinski definition) is 0. The molecule has 1 heterocycles. The van der Waals surface area contributed by atoms with Crippen molar-refractivity contribution in [1.82, 2.24) is 4.90 Å². The molecule has 0 N–H and O–H groups in total. The third kappa shape index (κ3) is 11.4. The number of unbranched alkanes of at least 4 members (excludes halogenated alkanes) is 5. The first-order chi connectivity index (χ1) is 8.56. The standard InChI is InChI=1S/C12H25N2.C2H4O2/c1-3-4-5-6-7-8-9-14-11-10-13(2)12-14;1-2(3)4/h12H,3-11H2,1-2H3;1H3,(H,3,4)/q+1;/p-1. The van der Waals surface area contributed by atoms with Crippen LogP contribution in [0.1, 0.15) is 52.4 Å². The molecule has 106 valence electrons. The average Bonchev–Trinajstić information content (AvgIpc) is 2.69. The number of carbonyl (C=O) groups is 1. The van der Waals surface area contributed by atoms with Crippen LogP contribution >= 0.6 is 0 Å². The highest BCUT2D eigenvalue weighted by Gasteiger charge is 2.14. The van der Waals surface area contributed by atoms with Crippen molar-refractivity contribution in [1.29, 1.82) is 0 Å². The summed E-state index contributed by atoms with van der Waals surface area (Å²) in [5.41, 5.74) is 0. The second-order valence-corrected chi connectivity index (χ2v) is 4.89. The van der Waals surface area contributed by atoms with E-state index in [2.05, 4.69) is 29.8 Å². The zero-order valence-electron chi connectivity index (χ0n) is 12.2. The van der Waals surface area contributed by atoms with Crippen LogP contribution in [0.5, 0.6) is 0 Å². The van der Waals surface area contributed by atoms with Crippen LogP contribution in [-0.4, -0.2) is 48.5 Å². The summed E-state index contributed by atoms with van der Waals surface area (Å²) in [5.74, 6) is -1.08. The first-order valence-electron chi connectivity index (χ1n) is 7.03. The van der Waals surface area contributed by atoms with E-state index in [4.69, 9.17) is 9.90 Å². The minimum absolute atomic E-state index is 0.972. The van der Waals surface area contributed by atoms with Gasteiger partial charge in [0, 0.05) is 5.97 Å². The molecule has 0 radical (unpaired) electrons. The molecular weight excluding hydrogens is 228 g/mol. The Kier molecular flexibility index (Phi) is 10.4. The van der Waals surface area contributed by atoms with Gasteiger partial charge in [-0.05, 0) is 19.8 Å². The predicted molar refractivity (Wildman–Crippen MR) is 72.7 cm³/mol. The number of carbonyl (C=O) groups excluding carboxylic acids is 1. The maximum atomic E-state index is 8.89. The van der Waals surface area contributed by atoms with Gasteiger partial charge in [-0.15, -0.1) is 0 Å². The first-order valence-corrected chi connectivity index (χ1v) is 7.03. The molecule has 1 rings (SSSR count). The summed E-state index contributed by atoms with van der Waals surface area (Å²) in [5, 5.41) is 8.89. The van der Waals surface area contributed by atoms with Crippen LogP contribution in [0.15, 0.2) is 0 Å². The topological polar surface area (TPSA) is 46.4 Å². The van der Waals surface area contributed by atoms with E-state index in [1.807, 2.05) is 0 Å². The highest BCUT2D eigenvalue weighted by molar-refractivity contribution is 5.60. The third-order valence-electron chi connectivity index (χ3n) is 2.90. The van der Waals surface area contributed by atoms with Crippen molar-refractivity contribution in [3.05, 3.63) is 0 Å². The molecule has 18 heavy (non-hydrogen) atoms. The normalized spacial score (nSPS) is 13.9. The van der Waals surface area contributed by atoms with Crippen LogP contribution < -0.4 is 5.11 Å². The number of carboxylic acid groups (broad SMARTS) is 1. The predicted octanol–water partition coefficient (Wildman–Crippen LogP) is 1.09. The van der Waals surface area contributed by atoms with Gasteiger partial charge in [0.1, 0.15) is 13.1 Å². The zero-order chi connectivity index (χ0) is 13.8. The molecule has 0 spiro atoms. The highest BCUT2D eigenvalue weighted by Crippen LogP contribution is 2.06. The number of aliphatic carboxylic acids is 1. The quantitative estimate of drug-likeness (QED) is 0.506. The molecule has 4 heteroatoms. The summed E-state index contributed by atoms with van der Waals surface area (Å²) in [6, 6.07) is 0. The molecule has 0 fully saturated rings. The van der Waals surface area contributed by atoms with Gasteiger partial charge in [-0.2, -0.15) is 0 Å². The summed E-state index contributed by atoms with van der Waals surface area (Å²) in [4.78, 5) is 11.3. The Hall–Kier alpha value is -1.06. The summed E-state index contributed by atoms with van der Waals surface area (Å²) in [6.07, 6.45) is 10.7. The second kappa shape index (κ2) is 11.1. The fraction of sp³-hybridized carbons (Fsp3) is 0.857. The summed E-state index contributed by atoms with van der Waals surface area (Å²) < 4.78 is 2.27. The van der Waals surface area contributed by atoms with Crippen molar-refractivity contribution >= 4 is 12.3 Å². The number of hydrogen-bond acceptors (Lipinski definition) is 3. The molecule has 0 unspecified atom stereocenters. The average molecular weight is 256 g/mol. The lowest BCUT2D eigenvalue weighted by Gasteiger charge is -2.05. The molecule has 0 saturated carbocycles. The fourth-order valence-corrected chi connectivity index (χ4v) is 1.95. The van der Waals surface area contributed by atoms with Gasteiger partial charge >= 0.3 is 0 Å². The minimum Gasteiger partial charge on any atom is -0.550 e. The van der Waals surface area contributed by atoms with E-state index in [-0.39, 0.29) is 0 Å². The van der Waals surface area contributed by atoms with Gasteiger partial charge in [0.15, 0.2) is 0 Å². The smallest absolute Gasteiger partial charge is 0.234 e. The third-order valence-corrected chi connectivity index (χ3v) is 2.90. The first kappa shape index (κ1) is 16.9. The lowest BCUT2D eigenvalue weighted by atomic mass is 10.1. The largest absolute Gasteiger partial charge is 0.550 e. The Morgan fingerprint density at radius 2 is 1.83 bits per heavy atom. The van der Waals surface area contributed by atoms with E-state index < -0.39 is 5.97 Å². The van der Waals surface area contributed by atoms with E-state index in [0.717, 1.165) is 6.92 Å². The molecule has 0 atom stereocenters. The van der Waals surface area contributed by atoms with Crippen molar-refractivity contribution in [3.63, 3.8) is 0 Å². The molecule has 0 aromatic heterocycles. The maximum Gasteiger partial charge on any atom is 0.234 e. The number of rotatable bonds is 7. The molecule has 0 amide bonds. The SMILES string of the molecule is CC(=O)[O-].CCCCCCCCN1C=[N+](C)CC1. The van der Waals surface area contributed by atoms with Gasteiger partial charge in [0.05, 0.1) is 13.6 Å². The summed E-state index contributed by atoms with van der Waals surface area (Å²) >= 11 is 0. The Morgan fingerprint density at radius 3 is 2.33 bits per heavy atom. The van der Waals surface area contributed by atoms with Crippen LogP contribution in [0.2, 0.25) is 0 Å². The fourth-order valence-electron chi connectivity index (χ4n) is 1.95. The van der Waals surface area contributed by atoms with Crippen LogP contribution in [0, 0.1) is 0 Å². The molecule has 1 aliphatic rings. The number of likely N-dealkylation sites (N-methyl/N-ethyl adjacent to an activating group) is 1. The van der Waals surface area contributed by atoms with Crippen molar-refractivity contribution in [3.8, 4) is 0 Å². The van der Waals surface area contributed by atoms with Crippen LogP contribution in [0.3, 0.4) is 0 Å². The lowest BCUT2D eigenvalue weighted by Crippen LogP contribution is -2.20. The Morgan fingerprint density at radius 1 is 1.28 bits per heavy atom. The molecular formula is C14H28N2O2. The van der Waals surface area contributed by atoms with E-state index in [1.54, 1.807) is 0 Å². The van der Waals surface area contributed by atoms with Crippen molar-refractivity contribution in [2.75, 3.05) is 26.7 Å². The highest BCUT2D eigenvalue weighted by atomic mass is 16.4. The van der Waals surface area contributed by atoms with Gasteiger partial charge < -0.3 is 9.90 Å². The van der Waals surface area contributed by atoms with Gasteiger partial charge in [-0.25, -0.2) is 0 Å². The Bertz CT molecular complexity index is 248. The van der Waals surface area contributed by atoms with Crippen LogP contribution in [-0.2, 0) is 4.79 Å². The van der Waals surface area contributed by atoms with Crippen molar-refractivity contribution in [2.24, 2.45) is 0 Å². The Labute approximate surface area is 111 Å². The zero-order valence-corrected chi connectivity index (χ0v) is 12.2. The number of carboxylic acids is 1. The van der Waals surface area contributed by atoms with Crippen LogP contribution in [0.25, 0.3) is 0 Å². The van der Waals surface area contributed by atoms with Crippen molar-refractivity contribution < 1.29 is 14.5 Å². The second-order valence-electron chi connectivity index (χ2n) is 4.89. The van der Waals surface area contributed by atoms with Gasteiger partial charge in [-0.1, -0.05) is 32.6 Å². The van der Waals surface area contributed by atoms with E-state index >= 15 is 0 Å². The molecule has 0 saturated heterocycles. The van der Waals surface area contributed by atoms with Crippen molar-refractivity contribution in [2.45, 2.75) is 52.4 Å². The maximum absolute atomic E-state index is 8.89. The molecule has 4 nitrogen and oxygen atoms in total. The summed E-state index contributed by atoms with van der Waals surface area (Å²) in [7, 11) is 2.15. The van der Waals surface area contributed by atoms with E-state index in [9.17, 15) is 0 Å². The molecule has 0 bridgehead atoms. The molecule has 0 aliphatic carbocycles. The minimum atomic E-state index is -1.08. The Balaban J connectivity index is 0.000000631. The van der Waals surface area contributed by atoms with E-state index in [0.29, 0.717) is 0 Å². The van der Waals surface area contributed by atoms with Gasteiger partial charge in [0.25, 0.3) is 0 Å².